The van der Waals surface area contributed by atoms with Crippen LogP contribution in [0.1, 0.15) is 23.2 Å². The summed E-state index contributed by atoms with van der Waals surface area (Å²) in [7, 11) is -3.60. The van der Waals surface area contributed by atoms with Gasteiger partial charge in [-0.15, -0.1) is 0 Å². The number of benzene rings is 1. The fourth-order valence-electron chi connectivity index (χ4n) is 2.86. The van der Waals surface area contributed by atoms with Crippen LogP contribution in [0.4, 0.5) is 4.39 Å². The molecule has 0 unspecified atom stereocenters. The first-order valence-corrected chi connectivity index (χ1v) is 9.22. The Balaban J connectivity index is 1.80. The van der Waals surface area contributed by atoms with Crippen LogP contribution in [0, 0.1) is 5.82 Å². The number of piperidine rings is 1. The maximum absolute atomic E-state index is 13.0. The van der Waals surface area contributed by atoms with Crippen molar-refractivity contribution in [1.29, 1.82) is 0 Å². The Hall–Kier alpha value is -2.28. The van der Waals surface area contributed by atoms with Gasteiger partial charge in [0.05, 0.1) is 15.7 Å². The number of halogens is 1. The van der Waals surface area contributed by atoms with Gasteiger partial charge >= 0.3 is 0 Å². The van der Waals surface area contributed by atoms with Crippen LogP contribution in [0.3, 0.4) is 0 Å². The van der Waals surface area contributed by atoms with Crippen molar-refractivity contribution in [3.63, 3.8) is 0 Å². The molecule has 1 aliphatic rings. The van der Waals surface area contributed by atoms with Crippen molar-refractivity contribution in [3.05, 3.63) is 60.2 Å². The number of hydrogen-bond donors (Lipinski definition) is 0. The van der Waals surface area contributed by atoms with Gasteiger partial charge < -0.3 is 4.90 Å². The second kappa shape index (κ2) is 6.68. The summed E-state index contributed by atoms with van der Waals surface area (Å²) in [6.45, 7) is 0.649. The summed E-state index contributed by atoms with van der Waals surface area (Å²) in [5, 5.41) is -0.683. The third kappa shape index (κ3) is 3.31. The number of pyridine rings is 1. The average molecular weight is 348 g/mol. The number of likely N-dealkylation sites (tertiary alicyclic amines) is 1. The fraction of sp³-hybridized carbons (Fsp3) is 0.294. The van der Waals surface area contributed by atoms with E-state index in [4.69, 9.17) is 0 Å². The largest absolute Gasteiger partial charge is 0.337 e. The van der Waals surface area contributed by atoms with E-state index >= 15 is 0 Å². The third-order valence-corrected chi connectivity index (χ3v) is 6.35. The van der Waals surface area contributed by atoms with Gasteiger partial charge in [0.2, 0.25) is 0 Å². The van der Waals surface area contributed by atoms with Crippen molar-refractivity contribution >= 4 is 15.7 Å². The van der Waals surface area contributed by atoms with Crippen LogP contribution in [-0.2, 0) is 9.84 Å². The van der Waals surface area contributed by atoms with Gasteiger partial charge in [-0.2, -0.15) is 0 Å². The minimum atomic E-state index is -3.60. The van der Waals surface area contributed by atoms with Crippen molar-refractivity contribution in [3.8, 4) is 0 Å². The van der Waals surface area contributed by atoms with E-state index in [-0.39, 0.29) is 17.3 Å². The number of rotatable bonds is 3. The number of carbonyl (C=O) groups is 1. The zero-order valence-electron chi connectivity index (χ0n) is 12.9. The van der Waals surface area contributed by atoms with Gasteiger partial charge in [0.25, 0.3) is 5.91 Å². The van der Waals surface area contributed by atoms with E-state index < -0.39 is 20.9 Å². The first kappa shape index (κ1) is 16.6. The molecule has 1 saturated heterocycles. The average Bonchev–Trinajstić information content (AvgIpc) is 2.62. The topological polar surface area (TPSA) is 67.3 Å². The zero-order valence-corrected chi connectivity index (χ0v) is 13.7. The highest BCUT2D eigenvalue weighted by Gasteiger charge is 2.34. The zero-order chi connectivity index (χ0) is 17.2. The molecule has 0 bridgehead atoms. The highest BCUT2D eigenvalue weighted by atomic mass is 32.2. The lowest BCUT2D eigenvalue weighted by Gasteiger charge is -2.32. The molecule has 3 rings (SSSR count). The molecule has 0 radical (unpaired) electrons. The Bertz CT molecular complexity index is 823. The van der Waals surface area contributed by atoms with E-state index in [2.05, 4.69) is 4.98 Å². The lowest BCUT2D eigenvalue weighted by Crippen LogP contribution is -2.45. The number of nitrogens with zero attached hydrogens (tertiary/aromatic N) is 2. The van der Waals surface area contributed by atoms with E-state index in [1.165, 1.54) is 18.3 Å². The Morgan fingerprint density at radius 3 is 2.62 bits per heavy atom. The molecule has 0 spiro atoms. The number of carbonyl (C=O) groups excluding carboxylic acids is 1. The summed E-state index contributed by atoms with van der Waals surface area (Å²) >= 11 is 0. The number of amides is 1. The van der Waals surface area contributed by atoms with Crippen LogP contribution in [-0.4, -0.2) is 42.5 Å². The van der Waals surface area contributed by atoms with Crippen LogP contribution in [0.2, 0.25) is 0 Å². The summed E-state index contributed by atoms with van der Waals surface area (Å²) in [6.07, 6.45) is 4.14. The van der Waals surface area contributed by atoms with Crippen molar-refractivity contribution in [2.45, 2.75) is 23.0 Å². The molecule has 0 N–H and O–H groups in total. The molecule has 2 heterocycles. The maximum Gasteiger partial charge on any atom is 0.255 e. The van der Waals surface area contributed by atoms with Gasteiger partial charge in [-0.1, -0.05) is 0 Å². The van der Waals surface area contributed by atoms with Gasteiger partial charge in [0.15, 0.2) is 9.84 Å². The molecule has 1 fully saturated rings. The number of sulfone groups is 1. The molecule has 2 aromatic rings. The van der Waals surface area contributed by atoms with Crippen molar-refractivity contribution in [2.24, 2.45) is 0 Å². The highest BCUT2D eigenvalue weighted by Crippen LogP contribution is 2.25. The van der Waals surface area contributed by atoms with Crippen LogP contribution < -0.4 is 0 Å². The van der Waals surface area contributed by atoms with E-state index in [0.717, 1.165) is 12.1 Å². The molecule has 24 heavy (non-hydrogen) atoms. The molecule has 1 amide bonds. The minimum Gasteiger partial charge on any atom is -0.337 e. The van der Waals surface area contributed by atoms with Gasteiger partial charge in [0, 0.05) is 25.5 Å². The molecule has 1 atom stereocenters. The summed E-state index contributed by atoms with van der Waals surface area (Å²) in [4.78, 5) is 18.1. The van der Waals surface area contributed by atoms with E-state index in [1.54, 1.807) is 23.2 Å². The minimum absolute atomic E-state index is 0.0876. The lowest BCUT2D eigenvalue weighted by atomic mass is 10.1. The lowest BCUT2D eigenvalue weighted by molar-refractivity contribution is 0.0726. The van der Waals surface area contributed by atoms with Crippen molar-refractivity contribution in [2.75, 3.05) is 13.1 Å². The van der Waals surface area contributed by atoms with Gasteiger partial charge in [-0.3, -0.25) is 9.78 Å². The molecule has 5 nitrogen and oxygen atoms in total. The predicted octanol–water partition coefficient (Wildman–Crippen LogP) is 2.30. The first-order valence-electron chi connectivity index (χ1n) is 7.67. The second-order valence-electron chi connectivity index (χ2n) is 5.76. The normalized spacial score (nSPS) is 18.4. The maximum atomic E-state index is 13.0. The standard InChI is InChI=1S/C17H17FN2O3S/c18-14-5-7-15(8-6-14)24(22,23)16-4-2-10-20(12-16)17(21)13-3-1-9-19-11-13/h1,3,5-9,11,16H,2,4,10,12H2/t16-/m1/s1. The van der Waals surface area contributed by atoms with Gasteiger partial charge in [-0.25, -0.2) is 12.8 Å². The molecule has 1 aliphatic heterocycles. The Kier molecular flexibility index (Phi) is 4.62. The molecule has 0 aliphatic carbocycles. The fourth-order valence-corrected chi connectivity index (χ4v) is 4.62. The third-order valence-electron chi connectivity index (χ3n) is 4.15. The molecule has 1 aromatic carbocycles. The van der Waals surface area contributed by atoms with E-state index in [1.807, 2.05) is 0 Å². The quantitative estimate of drug-likeness (QED) is 0.798. The van der Waals surface area contributed by atoms with Crippen LogP contribution in [0.25, 0.3) is 0 Å². The number of hydrogen-bond acceptors (Lipinski definition) is 4. The monoisotopic (exact) mass is 348 g/mol. The Labute approximate surface area is 140 Å². The summed E-state index contributed by atoms with van der Waals surface area (Å²) in [5.74, 6) is -0.701. The summed E-state index contributed by atoms with van der Waals surface area (Å²) < 4.78 is 38.5. The van der Waals surface area contributed by atoms with Gasteiger partial charge in [0.1, 0.15) is 5.82 Å². The molecular weight excluding hydrogens is 331 g/mol. The van der Waals surface area contributed by atoms with Crippen LogP contribution in [0.15, 0.2) is 53.7 Å². The Morgan fingerprint density at radius 1 is 1.21 bits per heavy atom. The van der Waals surface area contributed by atoms with Crippen LogP contribution in [0.5, 0.6) is 0 Å². The molecule has 0 saturated carbocycles. The SMILES string of the molecule is O=C(c1cccnc1)N1CCC[C@@H](S(=O)(=O)c2ccc(F)cc2)C1. The van der Waals surface area contributed by atoms with Crippen molar-refractivity contribution in [1.82, 2.24) is 9.88 Å². The number of aromatic nitrogens is 1. The first-order chi connectivity index (χ1) is 11.5. The van der Waals surface area contributed by atoms with E-state index in [0.29, 0.717) is 24.9 Å². The molecular formula is C17H17FN2O3S. The smallest absolute Gasteiger partial charge is 0.255 e. The highest BCUT2D eigenvalue weighted by molar-refractivity contribution is 7.92. The molecule has 1 aromatic heterocycles. The molecule has 126 valence electrons. The second-order valence-corrected chi connectivity index (χ2v) is 7.98. The van der Waals surface area contributed by atoms with Gasteiger partial charge in [-0.05, 0) is 49.2 Å². The Morgan fingerprint density at radius 2 is 1.96 bits per heavy atom. The molecule has 7 heteroatoms. The van der Waals surface area contributed by atoms with Crippen molar-refractivity contribution < 1.29 is 17.6 Å². The van der Waals surface area contributed by atoms with Crippen LogP contribution >= 0.6 is 0 Å². The summed E-state index contributed by atoms with van der Waals surface area (Å²) in [6, 6.07) is 8.14. The van der Waals surface area contributed by atoms with E-state index in [9.17, 15) is 17.6 Å². The summed E-state index contributed by atoms with van der Waals surface area (Å²) in [5.41, 5.74) is 0.442. The predicted molar refractivity (Wildman–Crippen MR) is 86.7 cm³/mol.